The molecule has 0 saturated heterocycles. The van der Waals surface area contributed by atoms with E-state index in [1.165, 1.54) is 0 Å². The first-order valence-electron chi connectivity index (χ1n) is 3.59. The third-order valence-electron chi connectivity index (χ3n) is 1.17. The second kappa shape index (κ2) is 5.50. The van der Waals surface area contributed by atoms with Gasteiger partial charge in [0.1, 0.15) is 22.5 Å². The number of nitrogens with zero attached hydrogens (tertiary/aromatic N) is 1. The number of rotatable bonds is 2. The molecule has 74 valence electrons. The van der Waals surface area contributed by atoms with Crippen LogP contribution in [0.15, 0.2) is 30.7 Å². The lowest BCUT2D eigenvalue weighted by Crippen LogP contribution is -2.27. The predicted octanol–water partition coefficient (Wildman–Crippen LogP) is -0.00280. The van der Waals surface area contributed by atoms with Gasteiger partial charge >= 0.3 is 0 Å². The SMILES string of the molecule is C=CS(=O)(=O)[O-].CC[n+]1cc[nH]c1. The Morgan fingerprint density at radius 1 is 1.69 bits per heavy atom. The summed E-state index contributed by atoms with van der Waals surface area (Å²) in [4.78, 5) is 2.94. The van der Waals surface area contributed by atoms with Crippen LogP contribution < -0.4 is 4.57 Å². The molecule has 0 aliphatic carbocycles. The molecule has 1 aromatic rings. The summed E-state index contributed by atoms with van der Waals surface area (Å²) >= 11 is 0. The monoisotopic (exact) mass is 204 g/mol. The summed E-state index contributed by atoms with van der Waals surface area (Å²) in [5.41, 5.74) is 0. The number of aryl methyl sites for hydroxylation is 1. The van der Waals surface area contributed by atoms with Crippen molar-refractivity contribution in [3.8, 4) is 0 Å². The minimum Gasteiger partial charge on any atom is -0.745 e. The van der Waals surface area contributed by atoms with Crippen LogP contribution in [0.25, 0.3) is 0 Å². The van der Waals surface area contributed by atoms with Crippen LogP contribution in [0.1, 0.15) is 6.92 Å². The molecule has 0 amide bonds. The number of nitrogens with one attached hydrogen (secondary N) is 1. The molecule has 0 fully saturated rings. The van der Waals surface area contributed by atoms with E-state index in [2.05, 4.69) is 23.1 Å². The van der Waals surface area contributed by atoms with Crippen LogP contribution in [-0.2, 0) is 16.7 Å². The highest BCUT2D eigenvalue weighted by Crippen LogP contribution is 1.75. The highest BCUT2D eigenvalue weighted by molar-refractivity contribution is 7.88. The first-order chi connectivity index (χ1) is 5.99. The van der Waals surface area contributed by atoms with Gasteiger partial charge in [-0.15, -0.1) is 0 Å². The third-order valence-corrected chi connectivity index (χ3v) is 1.58. The standard InChI is InChI=1S/C5H8N2.C2H4O3S/c1-2-7-4-3-6-5-7;1-2-6(3,4)5/h3-5H,2H2,1H3;2H,1H2,(H,3,4,5). The summed E-state index contributed by atoms with van der Waals surface area (Å²) in [5, 5.41) is 0.354. The second-order valence-corrected chi connectivity index (χ2v) is 3.42. The Balaban J connectivity index is 0.000000226. The van der Waals surface area contributed by atoms with E-state index in [9.17, 15) is 13.0 Å². The van der Waals surface area contributed by atoms with Gasteiger partial charge in [-0.2, -0.15) is 0 Å². The molecule has 0 spiro atoms. The molecule has 0 saturated carbocycles. The highest BCUT2D eigenvalue weighted by Gasteiger charge is 1.85. The van der Waals surface area contributed by atoms with Crippen LogP contribution in [0.4, 0.5) is 0 Å². The smallest absolute Gasteiger partial charge is 0.241 e. The zero-order valence-corrected chi connectivity index (χ0v) is 8.12. The molecular weight excluding hydrogens is 192 g/mol. The van der Waals surface area contributed by atoms with Gasteiger partial charge in [0.05, 0.1) is 6.54 Å². The van der Waals surface area contributed by atoms with Crippen LogP contribution in [0.3, 0.4) is 0 Å². The van der Waals surface area contributed by atoms with E-state index in [0.717, 1.165) is 6.54 Å². The maximum absolute atomic E-state index is 9.33. The van der Waals surface area contributed by atoms with Crippen molar-refractivity contribution in [2.75, 3.05) is 0 Å². The van der Waals surface area contributed by atoms with Gasteiger partial charge in [-0.25, -0.2) is 13.0 Å². The normalized spacial score (nSPS) is 10.0. The minimum atomic E-state index is -4.15. The van der Waals surface area contributed by atoms with E-state index in [0.29, 0.717) is 5.41 Å². The van der Waals surface area contributed by atoms with Crippen molar-refractivity contribution in [1.82, 2.24) is 4.98 Å². The van der Waals surface area contributed by atoms with Crippen molar-refractivity contribution in [3.63, 3.8) is 0 Å². The van der Waals surface area contributed by atoms with Crippen molar-refractivity contribution < 1.29 is 17.5 Å². The molecule has 0 aromatic carbocycles. The van der Waals surface area contributed by atoms with Crippen LogP contribution in [0.2, 0.25) is 0 Å². The average molecular weight is 204 g/mol. The van der Waals surface area contributed by atoms with Gasteiger partial charge in [-0.05, 0) is 6.92 Å². The zero-order valence-electron chi connectivity index (χ0n) is 7.30. The summed E-state index contributed by atoms with van der Waals surface area (Å²) in [6.07, 6.45) is 5.84. The summed E-state index contributed by atoms with van der Waals surface area (Å²) in [7, 11) is -4.15. The fourth-order valence-corrected chi connectivity index (χ4v) is 0.517. The largest absolute Gasteiger partial charge is 0.745 e. The molecule has 0 radical (unpaired) electrons. The molecule has 0 aliphatic rings. The lowest BCUT2D eigenvalue weighted by Gasteiger charge is -1.92. The number of hydrogen-bond acceptors (Lipinski definition) is 3. The van der Waals surface area contributed by atoms with Crippen LogP contribution >= 0.6 is 0 Å². The van der Waals surface area contributed by atoms with Crippen molar-refractivity contribution in [2.24, 2.45) is 0 Å². The van der Waals surface area contributed by atoms with Gasteiger partial charge in [0, 0.05) is 5.41 Å². The van der Waals surface area contributed by atoms with Crippen molar-refractivity contribution in [3.05, 3.63) is 30.7 Å². The van der Waals surface area contributed by atoms with Crippen LogP contribution in [0, 0.1) is 0 Å². The van der Waals surface area contributed by atoms with Gasteiger partial charge in [0.2, 0.25) is 6.33 Å². The van der Waals surface area contributed by atoms with E-state index in [4.69, 9.17) is 0 Å². The van der Waals surface area contributed by atoms with E-state index in [1.54, 1.807) is 0 Å². The fraction of sp³-hybridized carbons (Fsp3) is 0.286. The topological polar surface area (TPSA) is 76.9 Å². The van der Waals surface area contributed by atoms with Gasteiger partial charge in [0.15, 0.2) is 0 Å². The molecule has 1 rings (SSSR count). The Hall–Kier alpha value is -1.14. The van der Waals surface area contributed by atoms with E-state index in [-0.39, 0.29) is 0 Å². The Bertz CT molecular complexity index is 317. The minimum absolute atomic E-state index is 0.354. The molecule has 5 nitrogen and oxygen atoms in total. The van der Waals surface area contributed by atoms with Gasteiger partial charge < -0.3 is 4.55 Å². The number of H-pyrrole nitrogens is 1. The van der Waals surface area contributed by atoms with Gasteiger partial charge in [-0.1, -0.05) is 6.58 Å². The summed E-state index contributed by atoms with van der Waals surface area (Å²) in [5.74, 6) is 0. The summed E-state index contributed by atoms with van der Waals surface area (Å²) < 4.78 is 30.0. The van der Waals surface area contributed by atoms with E-state index in [1.807, 2.05) is 18.7 Å². The molecule has 1 heterocycles. The van der Waals surface area contributed by atoms with Gasteiger partial charge in [0.25, 0.3) is 0 Å². The van der Waals surface area contributed by atoms with Crippen molar-refractivity contribution in [2.45, 2.75) is 13.5 Å². The zero-order chi connectivity index (χ0) is 10.3. The van der Waals surface area contributed by atoms with Crippen molar-refractivity contribution >= 4 is 10.1 Å². The molecule has 0 atom stereocenters. The number of aromatic nitrogens is 2. The first kappa shape index (κ1) is 11.9. The molecule has 0 bridgehead atoms. The predicted molar refractivity (Wildman–Crippen MR) is 46.6 cm³/mol. The average Bonchev–Trinajstić information content (AvgIpc) is 2.56. The molecule has 1 aromatic heterocycles. The highest BCUT2D eigenvalue weighted by atomic mass is 32.2. The fourth-order valence-electron chi connectivity index (χ4n) is 0.517. The van der Waals surface area contributed by atoms with Crippen LogP contribution in [0.5, 0.6) is 0 Å². The lowest BCUT2D eigenvalue weighted by molar-refractivity contribution is -0.692. The van der Waals surface area contributed by atoms with Gasteiger partial charge in [-0.3, -0.25) is 4.98 Å². The Kier molecular flexibility index (Phi) is 5.01. The number of imidazole rings is 1. The maximum Gasteiger partial charge on any atom is 0.241 e. The molecular formula is C7H12N2O3S. The van der Waals surface area contributed by atoms with Crippen molar-refractivity contribution in [1.29, 1.82) is 0 Å². The maximum atomic E-state index is 9.33. The molecule has 0 aliphatic heterocycles. The summed E-state index contributed by atoms with van der Waals surface area (Å²) in [6, 6.07) is 0. The summed E-state index contributed by atoms with van der Waals surface area (Å²) in [6.45, 7) is 5.88. The Morgan fingerprint density at radius 3 is 2.38 bits per heavy atom. The third kappa shape index (κ3) is 7.23. The number of aromatic amines is 1. The van der Waals surface area contributed by atoms with E-state index < -0.39 is 10.1 Å². The lowest BCUT2D eigenvalue weighted by atomic mass is 10.7. The van der Waals surface area contributed by atoms with E-state index >= 15 is 0 Å². The quantitative estimate of drug-likeness (QED) is 0.544. The molecule has 13 heavy (non-hydrogen) atoms. The second-order valence-electron chi connectivity index (χ2n) is 2.10. The molecule has 6 heteroatoms. The Labute approximate surface area is 77.5 Å². The molecule has 1 N–H and O–H groups in total. The molecule has 0 unspecified atom stereocenters. The van der Waals surface area contributed by atoms with Crippen LogP contribution in [-0.4, -0.2) is 18.0 Å². The Morgan fingerprint density at radius 2 is 2.23 bits per heavy atom. The first-order valence-corrected chi connectivity index (χ1v) is 5.07. The number of hydrogen-bond donors (Lipinski definition) is 1.